The summed E-state index contributed by atoms with van der Waals surface area (Å²) >= 11 is 0. The summed E-state index contributed by atoms with van der Waals surface area (Å²) in [6, 6.07) is 1.81. The van der Waals surface area contributed by atoms with Crippen LogP contribution in [0.3, 0.4) is 0 Å². The fourth-order valence-electron chi connectivity index (χ4n) is 1.38. The zero-order valence-electron chi connectivity index (χ0n) is 10.4. The van der Waals surface area contributed by atoms with Crippen LogP contribution in [0.25, 0.3) is 0 Å². The Morgan fingerprint density at radius 1 is 1.53 bits per heavy atom. The second-order valence-electron chi connectivity index (χ2n) is 4.07. The highest BCUT2D eigenvalue weighted by molar-refractivity contribution is 5.83. The van der Waals surface area contributed by atoms with Crippen molar-refractivity contribution in [3.05, 3.63) is 18.5 Å². The quantitative estimate of drug-likeness (QED) is 0.776. The van der Waals surface area contributed by atoms with Crippen molar-refractivity contribution in [2.45, 2.75) is 26.4 Å². The number of likely N-dealkylation sites (N-methyl/N-ethyl adjacent to an activating group) is 1. The third kappa shape index (κ3) is 4.67. The van der Waals surface area contributed by atoms with Crippen molar-refractivity contribution >= 4 is 11.8 Å². The lowest BCUT2D eigenvalue weighted by atomic mass is 10.3. The minimum absolute atomic E-state index is 0.0252. The van der Waals surface area contributed by atoms with Crippen molar-refractivity contribution in [3.8, 4) is 0 Å². The molecule has 1 aromatic rings. The molecule has 0 bridgehead atoms. The molecule has 1 N–H and O–H groups in total. The van der Waals surface area contributed by atoms with Crippen LogP contribution >= 0.6 is 0 Å². The highest BCUT2D eigenvalue weighted by Gasteiger charge is 2.11. The maximum absolute atomic E-state index is 11.6. The molecule has 0 spiro atoms. The molecular weight excluding hydrogens is 220 g/mol. The molecule has 0 aliphatic carbocycles. The predicted molar refractivity (Wildman–Crippen MR) is 63.1 cm³/mol. The van der Waals surface area contributed by atoms with Crippen LogP contribution in [0.4, 0.5) is 0 Å². The minimum Gasteiger partial charge on any atom is -0.350 e. The van der Waals surface area contributed by atoms with Crippen LogP contribution in [0.15, 0.2) is 18.5 Å². The van der Waals surface area contributed by atoms with E-state index in [0.717, 1.165) is 0 Å². The summed E-state index contributed by atoms with van der Waals surface area (Å²) in [5.74, 6) is -0.290. The molecule has 2 amide bonds. The van der Waals surface area contributed by atoms with Gasteiger partial charge in [-0.2, -0.15) is 5.10 Å². The molecule has 17 heavy (non-hydrogen) atoms. The highest BCUT2D eigenvalue weighted by atomic mass is 16.2. The molecule has 0 unspecified atom stereocenters. The Balaban J connectivity index is 2.33. The Morgan fingerprint density at radius 3 is 2.76 bits per heavy atom. The van der Waals surface area contributed by atoms with Crippen molar-refractivity contribution < 1.29 is 9.59 Å². The average molecular weight is 238 g/mol. The maximum atomic E-state index is 11.6. The highest BCUT2D eigenvalue weighted by Crippen LogP contribution is 1.91. The first-order chi connectivity index (χ1) is 7.99. The lowest BCUT2D eigenvalue weighted by Gasteiger charge is -2.18. The molecule has 1 aromatic heterocycles. The van der Waals surface area contributed by atoms with Gasteiger partial charge in [-0.25, -0.2) is 0 Å². The number of nitrogens with zero attached hydrogens (tertiary/aromatic N) is 3. The Bertz CT molecular complexity index is 375. The normalized spacial score (nSPS) is 11.9. The molecule has 0 saturated carbocycles. The summed E-state index contributed by atoms with van der Waals surface area (Å²) in [5, 5.41) is 6.86. The van der Waals surface area contributed by atoms with E-state index in [0.29, 0.717) is 6.54 Å². The van der Waals surface area contributed by atoms with Crippen LogP contribution in [-0.4, -0.2) is 46.1 Å². The van der Waals surface area contributed by atoms with Gasteiger partial charge >= 0.3 is 0 Å². The van der Waals surface area contributed by atoms with Crippen molar-refractivity contribution in [3.63, 3.8) is 0 Å². The predicted octanol–water partition coefficient (Wildman–Crippen LogP) is -0.134. The van der Waals surface area contributed by atoms with Gasteiger partial charge in [0.05, 0.1) is 13.1 Å². The lowest BCUT2D eigenvalue weighted by Crippen LogP contribution is -2.42. The van der Waals surface area contributed by atoms with E-state index in [1.165, 1.54) is 11.8 Å². The molecule has 0 saturated heterocycles. The summed E-state index contributed by atoms with van der Waals surface area (Å²) in [4.78, 5) is 23.9. The van der Waals surface area contributed by atoms with Gasteiger partial charge in [-0.15, -0.1) is 0 Å². The van der Waals surface area contributed by atoms with Gasteiger partial charge in [0.1, 0.15) is 0 Å². The van der Waals surface area contributed by atoms with Crippen LogP contribution in [0.5, 0.6) is 0 Å². The first-order valence-electron chi connectivity index (χ1n) is 5.47. The second-order valence-corrected chi connectivity index (χ2v) is 4.07. The number of carbonyl (C=O) groups excluding carboxylic acids is 2. The molecule has 6 nitrogen and oxygen atoms in total. The molecule has 94 valence electrons. The lowest BCUT2D eigenvalue weighted by molar-refractivity contribution is -0.133. The maximum Gasteiger partial charge on any atom is 0.239 e. The molecule has 6 heteroatoms. The Hall–Kier alpha value is -1.85. The molecule has 1 heterocycles. The van der Waals surface area contributed by atoms with Crippen molar-refractivity contribution in [1.29, 1.82) is 0 Å². The topological polar surface area (TPSA) is 67.2 Å². The number of aromatic nitrogens is 2. The number of hydrogen-bond donors (Lipinski definition) is 1. The van der Waals surface area contributed by atoms with Crippen LogP contribution in [0.2, 0.25) is 0 Å². The zero-order valence-corrected chi connectivity index (χ0v) is 10.4. The third-order valence-corrected chi connectivity index (χ3v) is 2.35. The average Bonchev–Trinajstić information content (AvgIpc) is 2.69. The number of nitrogens with one attached hydrogen (secondary N) is 1. The first-order valence-corrected chi connectivity index (χ1v) is 5.47. The van der Waals surface area contributed by atoms with E-state index in [1.807, 2.05) is 19.2 Å². The van der Waals surface area contributed by atoms with Crippen molar-refractivity contribution in [2.24, 2.45) is 0 Å². The van der Waals surface area contributed by atoms with Gasteiger partial charge in [0.15, 0.2) is 0 Å². The summed E-state index contributed by atoms with van der Waals surface area (Å²) < 4.78 is 1.75. The van der Waals surface area contributed by atoms with Crippen LogP contribution in [-0.2, 0) is 16.1 Å². The zero-order chi connectivity index (χ0) is 12.8. The van der Waals surface area contributed by atoms with E-state index >= 15 is 0 Å². The van der Waals surface area contributed by atoms with Crippen molar-refractivity contribution in [2.75, 3.05) is 13.6 Å². The first kappa shape index (κ1) is 13.2. The van der Waals surface area contributed by atoms with Gasteiger partial charge in [-0.05, 0) is 13.0 Å². The molecule has 0 radical (unpaired) electrons. The van der Waals surface area contributed by atoms with E-state index < -0.39 is 0 Å². The molecule has 0 fully saturated rings. The monoisotopic (exact) mass is 238 g/mol. The number of rotatable bonds is 5. The number of hydrogen-bond acceptors (Lipinski definition) is 3. The third-order valence-electron chi connectivity index (χ3n) is 2.35. The van der Waals surface area contributed by atoms with Gasteiger partial charge in [0.25, 0.3) is 0 Å². The Kier molecular flexibility index (Phi) is 4.68. The molecule has 1 atom stereocenters. The SMILES string of the molecule is CC(=O)N(C)CC(=O)N[C@@H](C)Cn1cccn1. The van der Waals surface area contributed by atoms with Crippen LogP contribution in [0, 0.1) is 0 Å². The summed E-state index contributed by atoms with van der Waals surface area (Å²) in [7, 11) is 1.60. The van der Waals surface area contributed by atoms with Gasteiger partial charge in [0.2, 0.25) is 11.8 Å². The summed E-state index contributed by atoms with van der Waals surface area (Å²) in [6.45, 7) is 4.02. The van der Waals surface area contributed by atoms with E-state index in [4.69, 9.17) is 0 Å². The van der Waals surface area contributed by atoms with E-state index in [-0.39, 0.29) is 24.4 Å². The summed E-state index contributed by atoms with van der Waals surface area (Å²) in [5.41, 5.74) is 0. The molecule has 0 aromatic carbocycles. The Morgan fingerprint density at radius 2 is 2.24 bits per heavy atom. The number of amides is 2. The summed E-state index contributed by atoms with van der Waals surface area (Å²) in [6.07, 6.45) is 3.53. The van der Waals surface area contributed by atoms with E-state index in [2.05, 4.69) is 10.4 Å². The van der Waals surface area contributed by atoms with Gasteiger partial charge < -0.3 is 10.2 Å². The fourth-order valence-corrected chi connectivity index (χ4v) is 1.38. The molecule has 1 rings (SSSR count). The van der Waals surface area contributed by atoms with E-state index in [9.17, 15) is 9.59 Å². The molecule has 0 aliphatic rings. The van der Waals surface area contributed by atoms with E-state index in [1.54, 1.807) is 17.9 Å². The number of carbonyl (C=O) groups is 2. The van der Waals surface area contributed by atoms with Crippen molar-refractivity contribution in [1.82, 2.24) is 20.0 Å². The van der Waals surface area contributed by atoms with Gasteiger partial charge in [0, 0.05) is 32.4 Å². The van der Waals surface area contributed by atoms with Gasteiger partial charge in [-0.1, -0.05) is 0 Å². The largest absolute Gasteiger partial charge is 0.350 e. The minimum atomic E-state index is -0.164. The smallest absolute Gasteiger partial charge is 0.239 e. The van der Waals surface area contributed by atoms with Crippen LogP contribution < -0.4 is 5.32 Å². The Labute approximate surface area is 101 Å². The molecular formula is C11H18N4O2. The fraction of sp³-hybridized carbons (Fsp3) is 0.545. The standard InChI is InChI=1S/C11H18N4O2/c1-9(7-15-6-4-5-12-15)13-11(17)8-14(3)10(2)16/h4-6,9H,7-8H2,1-3H3,(H,13,17)/t9-/m0/s1. The second kappa shape index (κ2) is 6.03. The van der Waals surface area contributed by atoms with Crippen LogP contribution in [0.1, 0.15) is 13.8 Å². The van der Waals surface area contributed by atoms with Gasteiger partial charge in [-0.3, -0.25) is 14.3 Å². The molecule has 0 aliphatic heterocycles.